The second kappa shape index (κ2) is 9.18. The molecule has 0 saturated carbocycles. The highest BCUT2D eigenvalue weighted by atomic mass is 32.1. The Balaban J connectivity index is 1.38. The molecule has 1 amide bonds. The van der Waals surface area contributed by atoms with Gasteiger partial charge in [-0.2, -0.15) is 5.10 Å². The number of thiophene rings is 1. The third-order valence-electron chi connectivity index (χ3n) is 5.41. The first-order valence-corrected chi connectivity index (χ1v) is 11.0. The number of benzene rings is 1. The first-order chi connectivity index (χ1) is 14.2. The number of aromatic nitrogens is 2. The second-order valence-electron chi connectivity index (χ2n) is 7.55. The van der Waals surface area contributed by atoms with E-state index in [1.165, 1.54) is 5.56 Å². The van der Waals surface area contributed by atoms with Gasteiger partial charge in [0, 0.05) is 32.1 Å². The lowest BCUT2D eigenvalue weighted by atomic mass is 9.97. The Bertz CT molecular complexity index is 998. The maximum Gasteiger partial charge on any atom is 0.266 e. The van der Waals surface area contributed by atoms with Gasteiger partial charge in [0.05, 0.1) is 4.88 Å². The Labute approximate surface area is 174 Å². The van der Waals surface area contributed by atoms with Crippen molar-refractivity contribution in [2.45, 2.75) is 32.2 Å². The van der Waals surface area contributed by atoms with Crippen LogP contribution in [0.4, 0.5) is 0 Å². The maximum atomic E-state index is 12.7. The van der Waals surface area contributed by atoms with Crippen LogP contribution in [0, 0.1) is 5.92 Å². The van der Waals surface area contributed by atoms with Crippen LogP contribution < -0.4 is 5.56 Å². The summed E-state index contributed by atoms with van der Waals surface area (Å²) in [5.74, 6) is 0.458. The topological polar surface area (TPSA) is 55.2 Å². The fraction of sp³-hybridized carbons (Fsp3) is 0.348. The summed E-state index contributed by atoms with van der Waals surface area (Å²) in [7, 11) is 0. The lowest BCUT2D eigenvalue weighted by Crippen LogP contribution is -2.42. The molecule has 29 heavy (non-hydrogen) atoms. The summed E-state index contributed by atoms with van der Waals surface area (Å²) in [6.45, 7) is 2.06. The number of rotatable bonds is 6. The Kier molecular flexibility index (Phi) is 6.20. The van der Waals surface area contributed by atoms with Gasteiger partial charge in [-0.25, -0.2) is 4.68 Å². The van der Waals surface area contributed by atoms with E-state index in [-0.39, 0.29) is 17.4 Å². The van der Waals surface area contributed by atoms with Gasteiger partial charge in [-0.15, -0.1) is 11.3 Å². The molecule has 0 bridgehead atoms. The lowest BCUT2D eigenvalue weighted by Gasteiger charge is -2.33. The molecule has 1 aliphatic heterocycles. The van der Waals surface area contributed by atoms with Crippen molar-refractivity contribution in [3.63, 3.8) is 0 Å². The third-order valence-corrected chi connectivity index (χ3v) is 6.31. The molecule has 1 fully saturated rings. The van der Waals surface area contributed by atoms with Crippen molar-refractivity contribution in [2.24, 2.45) is 5.92 Å². The van der Waals surface area contributed by atoms with Crippen molar-refractivity contribution in [1.82, 2.24) is 14.7 Å². The maximum absolute atomic E-state index is 12.7. The van der Waals surface area contributed by atoms with Gasteiger partial charge < -0.3 is 4.90 Å². The van der Waals surface area contributed by atoms with E-state index in [0.717, 1.165) is 36.4 Å². The van der Waals surface area contributed by atoms with Gasteiger partial charge in [0.1, 0.15) is 5.69 Å². The highest BCUT2D eigenvalue weighted by molar-refractivity contribution is 7.13. The quantitative estimate of drug-likeness (QED) is 0.624. The minimum Gasteiger partial charge on any atom is -0.342 e. The van der Waals surface area contributed by atoms with E-state index < -0.39 is 0 Å². The van der Waals surface area contributed by atoms with Gasteiger partial charge in [-0.1, -0.05) is 36.4 Å². The number of nitrogens with zero attached hydrogens (tertiary/aromatic N) is 3. The molecule has 1 aliphatic rings. The molecule has 0 N–H and O–H groups in total. The molecule has 0 unspecified atom stereocenters. The van der Waals surface area contributed by atoms with E-state index in [9.17, 15) is 9.59 Å². The van der Waals surface area contributed by atoms with Crippen molar-refractivity contribution >= 4 is 17.2 Å². The largest absolute Gasteiger partial charge is 0.342 e. The molecule has 3 aromatic rings. The first kappa shape index (κ1) is 19.6. The molecule has 1 atom stereocenters. The van der Waals surface area contributed by atoms with Crippen LogP contribution in [-0.4, -0.2) is 33.7 Å². The fourth-order valence-electron chi connectivity index (χ4n) is 3.87. The zero-order valence-corrected chi connectivity index (χ0v) is 17.2. The van der Waals surface area contributed by atoms with Gasteiger partial charge in [0.15, 0.2) is 0 Å². The Morgan fingerprint density at radius 3 is 2.76 bits per heavy atom. The zero-order chi connectivity index (χ0) is 20.1. The molecule has 0 radical (unpaired) electrons. The van der Waals surface area contributed by atoms with Crippen LogP contribution in [-0.2, 0) is 17.8 Å². The summed E-state index contributed by atoms with van der Waals surface area (Å²) < 4.78 is 1.57. The standard InChI is InChI=1S/C23H25N3O2S/c27-22(12-10-18-6-2-1-3-7-18)25-14-4-8-19(16-25)17-26-23(28)13-11-20(24-26)21-9-5-15-29-21/h1-3,5-7,9,11,13,15,19H,4,8,10,12,14,16-17H2/t19-/m1/s1. The van der Waals surface area contributed by atoms with Crippen molar-refractivity contribution in [2.75, 3.05) is 13.1 Å². The van der Waals surface area contributed by atoms with Gasteiger partial charge in [0.25, 0.3) is 5.56 Å². The highest BCUT2D eigenvalue weighted by Gasteiger charge is 2.24. The molecule has 0 spiro atoms. The SMILES string of the molecule is O=C(CCc1ccccc1)N1CCC[C@@H](Cn2nc(-c3cccs3)ccc2=O)C1. The van der Waals surface area contributed by atoms with Crippen molar-refractivity contribution in [3.05, 3.63) is 75.9 Å². The van der Waals surface area contributed by atoms with Crippen LogP contribution in [0.2, 0.25) is 0 Å². The first-order valence-electron chi connectivity index (χ1n) is 10.1. The molecule has 3 heterocycles. The predicted molar refractivity (Wildman–Crippen MR) is 116 cm³/mol. The monoisotopic (exact) mass is 407 g/mol. The number of amides is 1. The Hall–Kier alpha value is -2.73. The van der Waals surface area contributed by atoms with Gasteiger partial charge in [0.2, 0.25) is 5.91 Å². The predicted octanol–water partition coefficient (Wildman–Crippen LogP) is 3.84. The number of likely N-dealkylation sites (tertiary alicyclic amines) is 1. The minimum atomic E-state index is -0.0853. The summed E-state index contributed by atoms with van der Waals surface area (Å²) in [4.78, 5) is 28.0. The molecule has 4 rings (SSSR count). The summed E-state index contributed by atoms with van der Waals surface area (Å²) in [6.07, 6.45) is 3.29. The fourth-order valence-corrected chi connectivity index (χ4v) is 4.57. The molecule has 6 heteroatoms. The second-order valence-corrected chi connectivity index (χ2v) is 8.50. The summed E-state index contributed by atoms with van der Waals surface area (Å²) in [5, 5.41) is 6.57. The number of carbonyl (C=O) groups excluding carboxylic acids is 1. The zero-order valence-electron chi connectivity index (χ0n) is 16.4. The van der Waals surface area contributed by atoms with Crippen LogP contribution >= 0.6 is 11.3 Å². The Morgan fingerprint density at radius 1 is 1.10 bits per heavy atom. The molecule has 150 valence electrons. The van der Waals surface area contributed by atoms with E-state index in [1.54, 1.807) is 28.2 Å². The van der Waals surface area contributed by atoms with Crippen LogP contribution in [0.1, 0.15) is 24.8 Å². The van der Waals surface area contributed by atoms with E-state index in [4.69, 9.17) is 0 Å². The molecule has 5 nitrogen and oxygen atoms in total. The number of piperidine rings is 1. The number of carbonyl (C=O) groups is 1. The highest BCUT2D eigenvalue weighted by Crippen LogP contribution is 2.22. The van der Waals surface area contributed by atoms with Gasteiger partial charge >= 0.3 is 0 Å². The van der Waals surface area contributed by atoms with Crippen LogP contribution in [0.25, 0.3) is 10.6 Å². The van der Waals surface area contributed by atoms with Crippen molar-refractivity contribution in [3.8, 4) is 10.6 Å². The van der Waals surface area contributed by atoms with Crippen LogP contribution in [0.3, 0.4) is 0 Å². The Morgan fingerprint density at radius 2 is 1.97 bits per heavy atom. The van der Waals surface area contributed by atoms with Crippen molar-refractivity contribution in [1.29, 1.82) is 0 Å². The third kappa shape index (κ3) is 5.01. The number of aryl methyl sites for hydroxylation is 1. The lowest BCUT2D eigenvalue weighted by molar-refractivity contribution is -0.133. The average Bonchev–Trinajstić information content (AvgIpc) is 3.29. The van der Waals surface area contributed by atoms with E-state index in [0.29, 0.717) is 19.5 Å². The molecule has 1 aromatic carbocycles. The summed E-state index contributed by atoms with van der Waals surface area (Å²) >= 11 is 1.61. The normalized spacial score (nSPS) is 16.7. The average molecular weight is 408 g/mol. The molecule has 1 saturated heterocycles. The number of hydrogen-bond donors (Lipinski definition) is 0. The van der Waals surface area contributed by atoms with E-state index >= 15 is 0 Å². The van der Waals surface area contributed by atoms with Gasteiger partial charge in [-0.05, 0) is 48.3 Å². The smallest absolute Gasteiger partial charge is 0.266 e. The van der Waals surface area contributed by atoms with Crippen molar-refractivity contribution < 1.29 is 4.79 Å². The number of hydrogen-bond acceptors (Lipinski definition) is 4. The summed E-state index contributed by atoms with van der Waals surface area (Å²) in [5.41, 5.74) is 1.93. The molecular weight excluding hydrogens is 382 g/mol. The minimum absolute atomic E-state index is 0.0853. The van der Waals surface area contributed by atoms with Gasteiger partial charge in [-0.3, -0.25) is 9.59 Å². The molecule has 0 aliphatic carbocycles. The molecule has 2 aromatic heterocycles. The van der Waals surface area contributed by atoms with E-state index in [2.05, 4.69) is 17.2 Å². The molecular formula is C23H25N3O2S. The summed E-state index contributed by atoms with van der Waals surface area (Å²) in [6, 6.07) is 17.5. The van der Waals surface area contributed by atoms with Crippen LogP contribution in [0.15, 0.2) is 64.8 Å². The van der Waals surface area contributed by atoms with Crippen LogP contribution in [0.5, 0.6) is 0 Å². The van der Waals surface area contributed by atoms with E-state index in [1.807, 2.05) is 40.6 Å².